The smallest absolute Gasteiger partial charge is 0.261 e. The van der Waals surface area contributed by atoms with Crippen LogP contribution in [-0.4, -0.2) is 25.6 Å². The number of hydrogen-bond donors (Lipinski definition) is 1. The van der Waals surface area contributed by atoms with E-state index >= 15 is 0 Å². The molecule has 0 heterocycles. The summed E-state index contributed by atoms with van der Waals surface area (Å²) in [4.78, 5) is 0. The third kappa shape index (κ3) is 3.14. The fourth-order valence-corrected chi connectivity index (χ4v) is 7.93. The topological polar surface area (TPSA) is 29.5 Å². The Bertz CT molecular complexity index is 603. The average molecular weight is 327 g/mol. The molecule has 0 radical (unpaired) electrons. The predicted octanol–water partition coefficient (Wildman–Crippen LogP) is 3.09. The molecule has 0 amide bonds. The van der Waals surface area contributed by atoms with E-state index in [1.165, 1.54) is 10.4 Å². The van der Waals surface area contributed by atoms with Gasteiger partial charge in [-0.3, -0.25) is 0 Å². The molecule has 0 aliphatic heterocycles. The van der Waals surface area contributed by atoms with E-state index in [1.54, 1.807) is 0 Å². The molecule has 1 aliphatic carbocycles. The fourth-order valence-electron chi connectivity index (χ4n) is 3.29. The van der Waals surface area contributed by atoms with Crippen LogP contribution in [0.4, 0.5) is 0 Å². The van der Waals surface area contributed by atoms with E-state index in [0.29, 0.717) is 6.61 Å². The minimum absolute atomic E-state index is 0.0268. The maximum Gasteiger partial charge on any atom is 0.261 e. The molecular weight excluding hydrogens is 300 g/mol. The molecule has 1 fully saturated rings. The highest BCUT2D eigenvalue weighted by molar-refractivity contribution is 6.99. The summed E-state index contributed by atoms with van der Waals surface area (Å²) in [6.07, 6.45) is 1.70. The Morgan fingerprint density at radius 2 is 1.35 bits per heavy atom. The summed E-state index contributed by atoms with van der Waals surface area (Å²) >= 11 is 0. The van der Waals surface area contributed by atoms with E-state index in [9.17, 15) is 5.11 Å². The lowest BCUT2D eigenvalue weighted by atomic mass is 10.2. The first-order chi connectivity index (χ1) is 10.9. The molecule has 1 aliphatic rings. The molecule has 0 bridgehead atoms. The number of aliphatic hydroxyl groups is 1. The quantitative estimate of drug-likeness (QED) is 0.856. The van der Waals surface area contributed by atoms with Crippen LogP contribution in [-0.2, 0) is 4.43 Å². The van der Waals surface area contributed by atoms with Crippen molar-refractivity contribution in [2.24, 2.45) is 0 Å². The molecule has 3 rings (SSSR count). The zero-order chi connectivity index (χ0) is 16.6. The molecule has 0 aromatic heterocycles. The normalized spacial score (nSPS) is 17.0. The Labute approximate surface area is 140 Å². The second-order valence-electron chi connectivity index (χ2n) is 7.68. The van der Waals surface area contributed by atoms with Gasteiger partial charge in [-0.2, -0.15) is 0 Å². The standard InChI is InChI=1S/C20H26O2Si/c1-19(2,3)23(17-10-6-4-7-11-17,18-12-8-5-9-13-18)22-16-20(21)14-15-20/h4-13,21H,14-16H2,1-3H3. The van der Waals surface area contributed by atoms with Crippen LogP contribution in [0.15, 0.2) is 60.7 Å². The summed E-state index contributed by atoms with van der Waals surface area (Å²) in [6.45, 7) is 7.21. The first-order valence-corrected chi connectivity index (χ1v) is 10.3. The summed E-state index contributed by atoms with van der Waals surface area (Å²) in [6, 6.07) is 21.2. The van der Waals surface area contributed by atoms with Gasteiger partial charge in [0.25, 0.3) is 8.32 Å². The molecule has 2 aromatic rings. The van der Waals surface area contributed by atoms with Gasteiger partial charge in [-0.25, -0.2) is 0 Å². The van der Waals surface area contributed by atoms with Gasteiger partial charge >= 0.3 is 0 Å². The van der Waals surface area contributed by atoms with Gasteiger partial charge in [0.2, 0.25) is 0 Å². The third-order valence-corrected chi connectivity index (χ3v) is 9.78. The molecule has 0 unspecified atom stereocenters. The highest BCUT2D eigenvalue weighted by Crippen LogP contribution is 2.40. The number of hydrogen-bond acceptors (Lipinski definition) is 2. The second kappa shape index (κ2) is 5.89. The van der Waals surface area contributed by atoms with Gasteiger partial charge in [0.15, 0.2) is 0 Å². The van der Waals surface area contributed by atoms with Crippen LogP contribution < -0.4 is 10.4 Å². The number of benzene rings is 2. The van der Waals surface area contributed by atoms with Crippen LogP contribution in [0.2, 0.25) is 5.04 Å². The van der Waals surface area contributed by atoms with Crippen LogP contribution in [0, 0.1) is 0 Å². The maximum absolute atomic E-state index is 10.3. The summed E-state index contributed by atoms with van der Waals surface area (Å²) in [5.74, 6) is 0. The molecule has 122 valence electrons. The van der Waals surface area contributed by atoms with Crippen LogP contribution in [0.1, 0.15) is 33.6 Å². The van der Waals surface area contributed by atoms with Crippen molar-refractivity contribution >= 4 is 18.7 Å². The predicted molar refractivity (Wildman–Crippen MR) is 97.8 cm³/mol. The molecule has 0 spiro atoms. The zero-order valence-electron chi connectivity index (χ0n) is 14.3. The van der Waals surface area contributed by atoms with Crippen molar-refractivity contribution < 1.29 is 9.53 Å². The number of rotatable bonds is 5. The van der Waals surface area contributed by atoms with E-state index < -0.39 is 13.9 Å². The van der Waals surface area contributed by atoms with Crippen molar-refractivity contribution in [1.29, 1.82) is 0 Å². The van der Waals surface area contributed by atoms with Crippen molar-refractivity contribution in [2.45, 2.75) is 44.3 Å². The molecule has 3 heteroatoms. The van der Waals surface area contributed by atoms with E-state index in [2.05, 4.69) is 69.3 Å². The maximum atomic E-state index is 10.3. The lowest BCUT2D eigenvalue weighted by Gasteiger charge is -2.43. The molecule has 2 nitrogen and oxygen atoms in total. The van der Waals surface area contributed by atoms with Gasteiger partial charge < -0.3 is 9.53 Å². The van der Waals surface area contributed by atoms with Crippen molar-refractivity contribution in [2.75, 3.05) is 6.61 Å². The van der Waals surface area contributed by atoms with E-state index in [4.69, 9.17) is 4.43 Å². The summed E-state index contributed by atoms with van der Waals surface area (Å²) < 4.78 is 6.68. The van der Waals surface area contributed by atoms with Crippen LogP contribution >= 0.6 is 0 Å². The summed E-state index contributed by atoms with van der Waals surface area (Å²) in [5.41, 5.74) is -0.604. The molecule has 0 saturated heterocycles. The third-order valence-electron chi connectivity index (χ3n) is 4.80. The Kier molecular flexibility index (Phi) is 4.21. The van der Waals surface area contributed by atoms with E-state index in [0.717, 1.165) is 12.8 Å². The molecule has 1 N–H and O–H groups in total. The van der Waals surface area contributed by atoms with E-state index in [1.807, 2.05) is 12.1 Å². The highest BCUT2D eigenvalue weighted by atomic mass is 28.4. The highest BCUT2D eigenvalue weighted by Gasteiger charge is 2.52. The van der Waals surface area contributed by atoms with Gasteiger partial charge in [0.1, 0.15) is 0 Å². The molecule has 2 aromatic carbocycles. The Hall–Kier alpha value is -1.42. The minimum atomic E-state index is -2.48. The first kappa shape index (κ1) is 16.4. The van der Waals surface area contributed by atoms with Gasteiger partial charge in [0, 0.05) is 0 Å². The lowest BCUT2D eigenvalue weighted by Crippen LogP contribution is -2.67. The van der Waals surface area contributed by atoms with Gasteiger partial charge in [0.05, 0.1) is 12.2 Å². The van der Waals surface area contributed by atoms with Crippen molar-refractivity contribution in [3.8, 4) is 0 Å². The SMILES string of the molecule is CC(C)(C)[Si](OCC1(O)CC1)(c1ccccc1)c1ccccc1. The van der Waals surface area contributed by atoms with E-state index in [-0.39, 0.29) is 5.04 Å². The second-order valence-corrected chi connectivity index (χ2v) is 12.0. The monoisotopic (exact) mass is 326 g/mol. The molecular formula is C20H26O2Si. The Morgan fingerprint density at radius 1 is 0.913 bits per heavy atom. The van der Waals surface area contributed by atoms with Crippen LogP contribution in [0.5, 0.6) is 0 Å². The molecule has 0 atom stereocenters. The Morgan fingerprint density at radius 3 is 1.70 bits per heavy atom. The zero-order valence-corrected chi connectivity index (χ0v) is 15.3. The lowest BCUT2D eigenvalue weighted by molar-refractivity contribution is 0.0809. The van der Waals surface area contributed by atoms with Crippen LogP contribution in [0.25, 0.3) is 0 Å². The molecule has 23 heavy (non-hydrogen) atoms. The largest absolute Gasteiger partial charge is 0.404 e. The Balaban J connectivity index is 2.13. The van der Waals surface area contributed by atoms with Crippen molar-refractivity contribution in [1.82, 2.24) is 0 Å². The van der Waals surface area contributed by atoms with Crippen LogP contribution in [0.3, 0.4) is 0 Å². The fraction of sp³-hybridized carbons (Fsp3) is 0.400. The molecule has 1 saturated carbocycles. The van der Waals surface area contributed by atoms with Gasteiger partial charge in [-0.15, -0.1) is 0 Å². The summed E-state index contributed by atoms with van der Waals surface area (Å²) in [5, 5.41) is 12.9. The minimum Gasteiger partial charge on any atom is -0.404 e. The van der Waals surface area contributed by atoms with Gasteiger partial charge in [-0.1, -0.05) is 81.4 Å². The van der Waals surface area contributed by atoms with Crippen molar-refractivity contribution in [3.63, 3.8) is 0 Å². The summed E-state index contributed by atoms with van der Waals surface area (Å²) in [7, 11) is -2.48. The first-order valence-electron chi connectivity index (χ1n) is 8.35. The van der Waals surface area contributed by atoms with Crippen molar-refractivity contribution in [3.05, 3.63) is 60.7 Å². The average Bonchev–Trinajstić information content (AvgIpc) is 3.27. The van der Waals surface area contributed by atoms with Gasteiger partial charge in [-0.05, 0) is 28.3 Å².